The van der Waals surface area contributed by atoms with E-state index in [-0.39, 0.29) is 0 Å². The van der Waals surface area contributed by atoms with Gasteiger partial charge in [0.1, 0.15) is 5.75 Å². The van der Waals surface area contributed by atoms with Gasteiger partial charge in [-0.2, -0.15) is 0 Å². The van der Waals surface area contributed by atoms with Crippen molar-refractivity contribution in [2.24, 2.45) is 0 Å². The van der Waals surface area contributed by atoms with Crippen LogP contribution in [0.15, 0.2) is 53.9 Å². The summed E-state index contributed by atoms with van der Waals surface area (Å²) in [6, 6.07) is 17.3. The number of hydrogen-bond donors (Lipinski definition) is 0. The van der Waals surface area contributed by atoms with Crippen molar-refractivity contribution in [2.75, 3.05) is 89.6 Å². The normalized spacial score (nSPS) is 16.9. The van der Waals surface area contributed by atoms with Crippen molar-refractivity contribution in [1.82, 2.24) is 14.8 Å². The molecule has 2 aliphatic rings. The molecule has 0 aliphatic carbocycles. The van der Waals surface area contributed by atoms with Gasteiger partial charge in [0.2, 0.25) is 0 Å². The molecule has 0 N–H and O–H groups in total. The van der Waals surface area contributed by atoms with Gasteiger partial charge in [-0.15, -0.1) is 11.3 Å². The van der Waals surface area contributed by atoms with E-state index >= 15 is 0 Å². The van der Waals surface area contributed by atoms with Crippen LogP contribution in [0.5, 0.6) is 5.75 Å². The molecule has 2 aliphatic heterocycles. The van der Waals surface area contributed by atoms with Crippen LogP contribution in [-0.2, 0) is 29.2 Å². The Bertz CT molecular complexity index is 1160. The monoisotopic (exact) mass is 551 g/mol. The lowest BCUT2D eigenvalue weighted by molar-refractivity contribution is 0.0177. The van der Waals surface area contributed by atoms with Crippen LogP contribution in [0.2, 0.25) is 0 Å². The molecule has 5 rings (SSSR count). The van der Waals surface area contributed by atoms with Crippen LogP contribution >= 0.6 is 11.3 Å². The molecule has 3 heterocycles. The fourth-order valence-corrected chi connectivity index (χ4v) is 5.83. The van der Waals surface area contributed by atoms with E-state index in [0.29, 0.717) is 13.2 Å². The van der Waals surface area contributed by atoms with Crippen LogP contribution in [-0.4, -0.2) is 94.6 Å². The minimum absolute atomic E-state index is 0.534. The Kier molecular flexibility index (Phi) is 10.1. The molecule has 0 radical (unpaired) electrons. The van der Waals surface area contributed by atoms with Crippen LogP contribution in [0.3, 0.4) is 0 Å². The molecule has 2 fully saturated rings. The number of aromatic nitrogens is 1. The number of ether oxygens (including phenoxy) is 3. The molecule has 9 heteroatoms. The Balaban J connectivity index is 1.26. The van der Waals surface area contributed by atoms with Crippen LogP contribution in [0, 0.1) is 0 Å². The Morgan fingerprint density at radius 3 is 2.46 bits per heavy atom. The first-order valence-electron chi connectivity index (χ1n) is 13.9. The van der Waals surface area contributed by atoms with Gasteiger partial charge in [0, 0.05) is 70.0 Å². The second-order valence-corrected chi connectivity index (χ2v) is 11.1. The lowest BCUT2D eigenvalue weighted by Crippen LogP contribution is -2.44. The summed E-state index contributed by atoms with van der Waals surface area (Å²) in [6.45, 7) is 11.6. The third-order valence-corrected chi connectivity index (χ3v) is 8.33. The lowest BCUT2D eigenvalue weighted by atomic mass is 10.1. The van der Waals surface area contributed by atoms with E-state index in [4.69, 9.17) is 19.2 Å². The first-order chi connectivity index (χ1) is 19.2. The van der Waals surface area contributed by atoms with Crippen LogP contribution < -0.4 is 14.5 Å². The summed E-state index contributed by atoms with van der Waals surface area (Å²) >= 11 is 1.69. The average Bonchev–Trinajstić information content (AvgIpc) is 3.45. The molecule has 210 valence electrons. The molecule has 0 unspecified atom stereocenters. The van der Waals surface area contributed by atoms with Gasteiger partial charge in [-0.3, -0.25) is 4.90 Å². The van der Waals surface area contributed by atoms with E-state index in [2.05, 4.69) is 74.5 Å². The Hall–Kier alpha value is -2.69. The van der Waals surface area contributed by atoms with Crippen LogP contribution in [0.1, 0.15) is 16.8 Å². The zero-order valence-electron chi connectivity index (χ0n) is 23.3. The largest absolute Gasteiger partial charge is 0.497 e. The SMILES string of the molecule is COc1cccc(CN(Cc2cccc(N3CCN(C)CC3)c2)c2nc(COCCN3CCOCC3)cs2)c1. The number of rotatable bonds is 12. The molecule has 39 heavy (non-hydrogen) atoms. The van der Waals surface area contributed by atoms with Crippen molar-refractivity contribution in [1.29, 1.82) is 0 Å². The number of hydrogen-bond acceptors (Lipinski definition) is 9. The summed E-state index contributed by atoms with van der Waals surface area (Å²) in [5.41, 5.74) is 4.77. The van der Waals surface area contributed by atoms with Crippen LogP contribution in [0.4, 0.5) is 10.8 Å². The highest BCUT2D eigenvalue weighted by atomic mass is 32.1. The minimum Gasteiger partial charge on any atom is -0.497 e. The molecular weight excluding hydrogens is 510 g/mol. The number of thiazole rings is 1. The molecule has 3 aromatic rings. The van der Waals surface area contributed by atoms with Crippen molar-refractivity contribution < 1.29 is 14.2 Å². The van der Waals surface area contributed by atoms with Crippen LogP contribution in [0.25, 0.3) is 0 Å². The molecule has 0 atom stereocenters. The van der Waals surface area contributed by atoms with Crippen molar-refractivity contribution in [3.8, 4) is 5.75 Å². The summed E-state index contributed by atoms with van der Waals surface area (Å²) in [5, 5.41) is 3.14. The molecule has 0 amide bonds. The molecule has 1 aromatic heterocycles. The van der Waals surface area contributed by atoms with E-state index in [1.807, 2.05) is 6.07 Å². The second-order valence-electron chi connectivity index (χ2n) is 10.3. The molecule has 2 saturated heterocycles. The summed E-state index contributed by atoms with van der Waals surface area (Å²) in [4.78, 5) is 14.6. The van der Waals surface area contributed by atoms with E-state index in [0.717, 1.165) is 88.7 Å². The number of benzene rings is 2. The van der Waals surface area contributed by atoms with Crippen molar-refractivity contribution >= 4 is 22.2 Å². The summed E-state index contributed by atoms with van der Waals surface area (Å²) in [5.74, 6) is 0.873. The smallest absolute Gasteiger partial charge is 0.186 e. The molecule has 0 bridgehead atoms. The zero-order chi connectivity index (χ0) is 26.9. The third kappa shape index (κ3) is 8.16. The zero-order valence-corrected chi connectivity index (χ0v) is 24.1. The third-order valence-electron chi connectivity index (χ3n) is 7.38. The lowest BCUT2D eigenvalue weighted by Gasteiger charge is -2.34. The minimum atomic E-state index is 0.534. The number of methoxy groups -OCH3 is 1. The molecule has 0 saturated carbocycles. The number of nitrogens with zero attached hydrogens (tertiary/aromatic N) is 5. The number of morpholine rings is 1. The highest BCUT2D eigenvalue weighted by Gasteiger charge is 2.17. The first kappa shape index (κ1) is 27.9. The van der Waals surface area contributed by atoms with Gasteiger partial charge >= 0.3 is 0 Å². The van der Waals surface area contributed by atoms with Gasteiger partial charge < -0.3 is 28.9 Å². The Morgan fingerprint density at radius 2 is 1.69 bits per heavy atom. The van der Waals surface area contributed by atoms with Gasteiger partial charge in [0.05, 0.1) is 39.2 Å². The second kappa shape index (κ2) is 14.1. The maximum atomic E-state index is 5.99. The van der Waals surface area contributed by atoms with E-state index in [1.165, 1.54) is 16.8 Å². The summed E-state index contributed by atoms with van der Waals surface area (Å²) in [7, 11) is 3.91. The van der Waals surface area contributed by atoms with E-state index in [1.54, 1.807) is 18.4 Å². The highest BCUT2D eigenvalue weighted by Crippen LogP contribution is 2.27. The maximum Gasteiger partial charge on any atom is 0.186 e. The Morgan fingerprint density at radius 1 is 0.949 bits per heavy atom. The fraction of sp³-hybridized carbons (Fsp3) is 0.500. The predicted octanol–water partition coefficient (Wildman–Crippen LogP) is 3.96. The highest BCUT2D eigenvalue weighted by molar-refractivity contribution is 7.13. The number of anilines is 2. The number of piperazine rings is 1. The number of likely N-dealkylation sites (N-methyl/N-ethyl adjacent to an activating group) is 1. The van der Waals surface area contributed by atoms with E-state index in [9.17, 15) is 0 Å². The maximum absolute atomic E-state index is 5.99. The van der Waals surface area contributed by atoms with Crippen molar-refractivity contribution in [3.05, 3.63) is 70.7 Å². The molecule has 0 spiro atoms. The van der Waals surface area contributed by atoms with Gasteiger partial charge in [-0.1, -0.05) is 24.3 Å². The molecule has 8 nitrogen and oxygen atoms in total. The van der Waals surface area contributed by atoms with Gasteiger partial charge in [-0.25, -0.2) is 4.98 Å². The fourth-order valence-electron chi connectivity index (χ4n) is 5.02. The van der Waals surface area contributed by atoms with Crippen molar-refractivity contribution in [3.63, 3.8) is 0 Å². The van der Waals surface area contributed by atoms with E-state index < -0.39 is 0 Å². The average molecular weight is 552 g/mol. The Labute approximate surface area is 236 Å². The predicted molar refractivity (Wildman–Crippen MR) is 158 cm³/mol. The molecule has 2 aromatic carbocycles. The standard InChI is InChI=1S/C30H41N5O3S/c1-32-9-11-34(12-10-32)28-7-3-5-25(19-28)21-35(22-26-6-4-8-29(20-26)36-2)30-31-27(24-39-30)23-38-18-15-33-13-16-37-17-14-33/h3-8,19-20,24H,9-18,21-23H2,1-2H3. The summed E-state index contributed by atoms with van der Waals surface area (Å²) in [6.07, 6.45) is 0. The topological polar surface area (TPSA) is 53.5 Å². The van der Waals surface area contributed by atoms with Gasteiger partial charge in [0.25, 0.3) is 0 Å². The van der Waals surface area contributed by atoms with Gasteiger partial charge in [-0.05, 0) is 42.4 Å². The van der Waals surface area contributed by atoms with Crippen molar-refractivity contribution in [2.45, 2.75) is 19.7 Å². The van der Waals surface area contributed by atoms with Gasteiger partial charge in [0.15, 0.2) is 5.13 Å². The quantitative estimate of drug-likeness (QED) is 0.314. The first-order valence-corrected chi connectivity index (χ1v) is 14.8. The molecular formula is C30H41N5O3S. The summed E-state index contributed by atoms with van der Waals surface area (Å²) < 4.78 is 16.9.